The maximum absolute atomic E-state index is 12.5. The molecule has 0 unspecified atom stereocenters. The van der Waals surface area contributed by atoms with Crippen LogP contribution in [-0.4, -0.2) is 46.2 Å². The van der Waals surface area contributed by atoms with E-state index in [4.69, 9.17) is 4.74 Å². The predicted octanol–water partition coefficient (Wildman–Crippen LogP) is 2.05. The Kier molecular flexibility index (Phi) is 4.30. The maximum Gasteiger partial charge on any atom is 0.254 e. The summed E-state index contributed by atoms with van der Waals surface area (Å²) >= 11 is 0. The van der Waals surface area contributed by atoms with Gasteiger partial charge in [-0.05, 0) is 37.6 Å². The number of pyridine rings is 1. The van der Waals surface area contributed by atoms with E-state index in [0.717, 1.165) is 11.4 Å². The number of aryl methyl sites for hydroxylation is 1. The summed E-state index contributed by atoms with van der Waals surface area (Å²) in [6.07, 6.45) is 2.14. The minimum absolute atomic E-state index is 0.0777. The molecule has 1 fully saturated rings. The third kappa shape index (κ3) is 3.68. The van der Waals surface area contributed by atoms with Crippen LogP contribution in [-0.2, 0) is 0 Å². The van der Waals surface area contributed by atoms with Crippen LogP contribution in [0.1, 0.15) is 22.5 Å². The van der Waals surface area contributed by atoms with Crippen LogP contribution >= 0.6 is 0 Å². The molecule has 1 aliphatic heterocycles. The molecule has 5 nitrogen and oxygen atoms in total. The molecule has 0 radical (unpaired) electrons. The van der Waals surface area contributed by atoms with E-state index >= 15 is 0 Å². The second-order valence-electron chi connectivity index (χ2n) is 5.99. The van der Waals surface area contributed by atoms with Gasteiger partial charge in [0, 0.05) is 24.0 Å². The molecule has 0 bridgehead atoms. The number of ether oxygens (including phenoxy) is 1. The number of likely N-dealkylation sites (tertiary alicyclic amines) is 1. The summed E-state index contributed by atoms with van der Waals surface area (Å²) in [5.41, 5.74) is 0.400. The van der Waals surface area contributed by atoms with Crippen LogP contribution in [0.15, 0.2) is 48.7 Å². The lowest BCUT2D eigenvalue weighted by Gasteiger charge is -2.23. The molecule has 0 aliphatic carbocycles. The third-order valence-corrected chi connectivity index (χ3v) is 4.01. The van der Waals surface area contributed by atoms with Gasteiger partial charge in [-0.2, -0.15) is 0 Å². The van der Waals surface area contributed by atoms with Crippen molar-refractivity contribution in [3.05, 3.63) is 59.9 Å². The summed E-state index contributed by atoms with van der Waals surface area (Å²) in [4.78, 5) is 18.3. The molecule has 120 valence electrons. The van der Waals surface area contributed by atoms with E-state index in [1.165, 1.54) is 0 Å². The highest BCUT2D eigenvalue weighted by Gasteiger charge is 2.39. The van der Waals surface area contributed by atoms with Gasteiger partial charge in [0.15, 0.2) is 0 Å². The molecule has 23 heavy (non-hydrogen) atoms. The first-order valence-corrected chi connectivity index (χ1v) is 7.68. The summed E-state index contributed by atoms with van der Waals surface area (Å²) in [6.45, 7) is 2.83. The van der Waals surface area contributed by atoms with E-state index in [2.05, 4.69) is 4.98 Å². The lowest BCUT2D eigenvalue weighted by Crippen LogP contribution is -2.40. The Morgan fingerprint density at radius 3 is 2.87 bits per heavy atom. The summed E-state index contributed by atoms with van der Waals surface area (Å²) < 4.78 is 5.65. The highest BCUT2D eigenvalue weighted by atomic mass is 16.5. The molecule has 0 saturated carbocycles. The van der Waals surface area contributed by atoms with Gasteiger partial charge >= 0.3 is 0 Å². The number of hydrogen-bond donors (Lipinski definition) is 1. The number of amides is 1. The molecular weight excluding hydrogens is 292 g/mol. The van der Waals surface area contributed by atoms with Gasteiger partial charge in [0.2, 0.25) is 0 Å². The van der Waals surface area contributed by atoms with Crippen LogP contribution in [0.2, 0.25) is 0 Å². The van der Waals surface area contributed by atoms with Crippen LogP contribution in [0.25, 0.3) is 0 Å². The van der Waals surface area contributed by atoms with Gasteiger partial charge in [0.1, 0.15) is 18.0 Å². The number of carbonyl (C=O) groups is 1. The number of benzene rings is 1. The minimum Gasteiger partial charge on any atom is -0.491 e. The standard InChI is InChI=1S/C18H20N2O3/c1-14-11-15(7-9-19-14)17(21)20-10-8-18(22,12-20)13-23-16-5-3-2-4-6-16/h2-7,9,11,22H,8,10,12-13H2,1H3/t18-/m0/s1. The molecule has 1 atom stereocenters. The Balaban J connectivity index is 1.62. The summed E-state index contributed by atoms with van der Waals surface area (Å²) in [5, 5.41) is 10.6. The molecule has 1 aromatic heterocycles. The van der Waals surface area contributed by atoms with Crippen molar-refractivity contribution >= 4 is 5.91 Å². The lowest BCUT2D eigenvalue weighted by molar-refractivity contribution is 0.00431. The SMILES string of the molecule is Cc1cc(C(=O)N2CC[C@@](O)(COc3ccccc3)C2)ccn1. The molecule has 1 saturated heterocycles. The number of carbonyl (C=O) groups excluding carboxylic acids is 1. The van der Waals surface area contributed by atoms with E-state index in [1.54, 1.807) is 23.2 Å². The van der Waals surface area contributed by atoms with E-state index in [1.807, 2.05) is 37.3 Å². The number of β-amino-alcohol motifs (C(OH)–C–C–N with tert-alkyl or cyclic N) is 1. The number of rotatable bonds is 4. The van der Waals surface area contributed by atoms with Crippen molar-refractivity contribution in [2.45, 2.75) is 18.9 Å². The fourth-order valence-corrected chi connectivity index (χ4v) is 2.74. The molecule has 1 N–H and O–H groups in total. The van der Waals surface area contributed by atoms with Gasteiger partial charge < -0.3 is 14.7 Å². The second kappa shape index (κ2) is 6.38. The van der Waals surface area contributed by atoms with Crippen LogP contribution in [0.5, 0.6) is 5.75 Å². The van der Waals surface area contributed by atoms with Gasteiger partial charge in [-0.25, -0.2) is 0 Å². The second-order valence-corrected chi connectivity index (χ2v) is 5.99. The molecule has 1 amide bonds. The van der Waals surface area contributed by atoms with Crippen molar-refractivity contribution in [2.24, 2.45) is 0 Å². The first-order valence-electron chi connectivity index (χ1n) is 7.68. The zero-order chi connectivity index (χ0) is 16.3. The smallest absolute Gasteiger partial charge is 0.254 e. The van der Waals surface area contributed by atoms with Crippen molar-refractivity contribution in [3.63, 3.8) is 0 Å². The van der Waals surface area contributed by atoms with Gasteiger partial charge in [-0.15, -0.1) is 0 Å². The normalized spacial score (nSPS) is 20.5. The van der Waals surface area contributed by atoms with Crippen LogP contribution in [0.4, 0.5) is 0 Å². The maximum atomic E-state index is 12.5. The minimum atomic E-state index is -1.01. The highest BCUT2D eigenvalue weighted by molar-refractivity contribution is 5.94. The van der Waals surface area contributed by atoms with Crippen molar-refractivity contribution in [1.29, 1.82) is 0 Å². The Hall–Kier alpha value is -2.40. The molecule has 5 heteroatoms. The molecule has 0 spiro atoms. The van der Waals surface area contributed by atoms with Crippen molar-refractivity contribution in [3.8, 4) is 5.75 Å². The number of para-hydroxylation sites is 1. The van der Waals surface area contributed by atoms with Crippen molar-refractivity contribution in [1.82, 2.24) is 9.88 Å². The Morgan fingerprint density at radius 1 is 1.35 bits per heavy atom. The van der Waals surface area contributed by atoms with E-state index < -0.39 is 5.60 Å². The number of hydrogen-bond acceptors (Lipinski definition) is 4. The molecule has 2 heterocycles. The van der Waals surface area contributed by atoms with Crippen LogP contribution in [0.3, 0.4) is 0 Å². The monoisotopic (exact) mass is 312 g/mol. The fraction of sp³-hybridized carbons (Fsp3) is 0.333. The predicted molar refractivity (Wildman–Crippen MR) is 86.4 cm³/mol. The first-order chi connectivity index (χ1) is 11.1. The van der Waals surface area contributed by atoms with Gasteiger partial charge in [-0.3, -0.25) is 9.78 Å². The average Bonchev–Trinajstić information content (AvgIpc) is 2.96. The zero-order valence-corrected chi connectivity index (χ0v) is 13.1. The molecule has 3 rings (SSSR count). The molecular formula is C18H20N2O3. The number of nitrogens with zero attached hydrogens (tertiary/aromatic N) is 2. The summed E-state index contributed by atoms with van der Waals surface area (Å²) in [7, 11) is 0. The number of aromatic nitrogens is 1. The van der Waals surface area contributed by atoms with Gasteiger partial charge in [0.05, 0.1) is 6.54 Å². The summed E-state index contributed by atoms with van der Waals surface area (Å²) in [6, 6.07) is 12.8. The average molecular weight is 312 g/mol. The molecule has 1 aromatic carbocycles. The van der Waals surface area contributed by atoms with Gasteiger partial charge in [-0.1, -0.05) is 18.2 Å². The Morgan fingerprint density at radius 2 is 2.13 bits per heavy atom. The van der Waals surface area contributed by atoms with Gasteiger partial charge in [0.25, 0.3) is 5.91 Å². The Labute approximate surface area is 135 Å². The number of aliphatic hydroxyl groups is 1. The lowest BCUT2D eigenvalue weighted by atomic mass is 10.1. The fourth-order valence-electron chi connectivity index (χ4n) is 2.74. The molecule has 2 aromatic rings. The van der Waals surface area contributed by atoms with E-state index in [9.17, 15) is 9.90 Å². The first kappa shape index (κ1) is 15.5. The largest absolute Gasteiger partial charge is 0.491 e. The van der Waals surface area contributed by atoms with E-state index in [-0.39, 0.29) is 19.1 Å². The highest BCUT2D eigenvalue weighted by Crippen LogP contribution is 2.24. The van der Waals surface area contributed by atoms with Crippen LogP contribution in [0, 0.1) is 6.92 Å². The van der Waals surface area contributed by atoms with E-state index in [0.29, 0.717) is 18.5 Å². The Bertz CT molecular complexity index is 690. The van der Waals surface area contributed by atoms with Crippen molar-refractivity contribution in [2.75, 3.05) is 19.7 Å². The van der Waals surface area contributed by atoms with Crippen molar-refractivity contribution < 1.29 is 14.6 Å². The summed E-state index contributed by atoms with van der Waals surface area (Å²) in [5.74, 6) is 0.640. The topological polar surface area (TPSA) is 62.7 Å². The van der Waals surface area contributed by atoms with Crippen LogP contribution < -0.4 is 4.74 Å². The molecule has 1 aliphatic rings. The third-order valence-electron chi connectivity index (χ3n) is 4.01. The zero-order valence-electron chi connectivity index (χ0n) is 13.1. The quantitative estimate of drug-likeness (QED) is 0.938.